The minimum absolute atomic E-state index is 0.00947. The molecule has 0 aliphatic heterocycles. The first kappa shape index (κ1) is 53.8. The van der Waals surface area contributed by atoms with E-state index in [0.29, 0.717) is 68.8 Å². The predicted octanol–water partition coefficient (Wildman–Crippen LogP) is 13.0. The van der Waals surface area contributed by atoms with Crippen molar-refractivity contribution in [3.05, 3.63) is 184 Å². The van der Waals surface area contributed by atoms with Gasteiger partial charge in [-0.25, -0.2) is 9.97 Å². The summed E-state index contributed by atoms with van der Waals surface area (Å²) in [6, 6.07) is 41.2. The maximum Gasteiger partial charge on any atom is 0.230 e. The van der Waals surface area contributed by atoms with Crippen molar-refractivity contribution in [2.45, 2.75) is 91.9 Å². The minimum Gasteiger partial charge on any atom is -0.481 e. The highest BCUT2D eigenvalue weighted by Crippen LogP contribution is 2.32. The number of carbonyl (C=O) groups excluding carboxylic acids is 4. The van der Waals surface area contributed by atoms with Crippen molar-refractivity contribution in [3.63, 3.8) is 0 Å². The van der Waals surface area contributed by atoms with Gasteiger partial charge in [-0.3, -0.25) is 19.2 Å². The molecule has 0 fully saturated rings. The first-order valence-corrected chi connectivity index (χ1v) is 23.5. The number of nitrogens with zero attached hydrogens (tertiary/aromatic N) is 2. The molecule has 0 atom stereocenters. The summed E-state index contributed by atoms with van der Waals surface area (Å²) in [5, 5.41) is 0.802. The highest BCUT2D eigenvalue weighted by Gasteiger charge is 2.20. The van der Waals surface area contributed by atoms with Crippen LogP contribution in [0.5, 0.6) is 11.5 Å². The zero-order chi connectivity index (χ0) is 52.0. The van der Waals surface area contributed by atoms with Gasteiger partial charge in [0.2, 0.25) is 17.4 Å². The van der Waals surface area contributed by atoms with Gasteiger partial charge in [-0.2, -0.15) is 0 Å². The fourth-order valence-electron chi connectivity index (χ4n) is 7.24. The van der Waals surface area contributed by atoms with E-state index in [1.54, 1.807) is 30.3 Å². The summed E-state index contributed by atoms with van der Waals surface area (Å²) in [7, 11) is 0. The molecular weight excluding hydrogens is 883 g/mol. The molecular formula is C62H63N3O6. The largest absolute Gasteiger partial charge is 0.481 e. The molecule has 1 aromatic heterocycles. The summed E-state index contributed by atoms with van der Waals surface area (Å²) < 4.78 is 11.0. The number of carbonyl (C=O) groups is 4. The average Bonchev–Trinajstić information content (AvgIpc) is 3.36. The number of ether oxygens (including phenoxy) is 2. The third kappa shape index (κ3) is 14.4. The van der Waals surface area contributed by atoms with Crippen LogP contribution in [0.2, 0.25) is 0 Å². The fourth-order valence-corrected chi connectivity index (χ4v) is 7.24. The highest BCUT2D eigenvalue weighted by atomic mass is 16.5. The molecule has 6 aromatic carbocycles. The lowest BCUT2D eigenvalue weighted by Crippen LogP contribution is -2.12. The van der Waals surface area contributed by atoms with E-state index in [9.17, 15) is 19.2 Å². The number of benzene rings is 6. The van der Waals surface area contributed by atoms with Gasteiger partial charge in [0.25, 0.3) is 0 Å². The fraction of sp³-hybridized carbons (Fsp3) is 0.258. The molecule has 0 radical (unpaired) electrons. The Balaban J connectivity index is 0.000000221. The molecule has 0 unspecified atom stereocenters. The molecule has 71 heavy (non-hydrogen) atoms. The van der Waals surface area contributed by atoms with E-state index in [0.717, 1.165) is 16.5 Å². The maximum absolute atomic E-state index is 13.4. The number of hydrogen-bond acceptors (Lipinski definition) is 9. The Morgan fingerprint density at radius 2 is 1.04 bits per heavy atom. The van der Waals surface area contributed by atoms with E-state index in [4.69, 9.17) is 33.0 Å². The Morgan fingerprint density at radius 3 is 1.52 bits per heavy atom. The standard InChI is InChI=1S/C31H30N2O2.C19H19NO2.C12H14O2/c1-7-18-35-25-16-17-27-26(19-25)28(22-10-8-21(9-11-22)20(2)3)33-30(32-27)29(34)23-12-14-24(15-13-23)31(4,5)6;1-4-11-22-16-9-10-18(20)17(12-16)19(21)15-7-5-14(6-8-15)13(2)3;1-12(2,3)10-6-4-9(5-7-10)11(14)8-13/h1,8-17,19-20H,18H2,2-6H3;1,5-10,12-13H,11,20H2,2-3H3;4-8H,1-3H3. The van der Waals surface area contributed by atoms with Crippen LogP contribution >= 0.6 is 0 Å². The molecule has 0 amide bonds. The van der Waals surface area contributed by atoms with Crippen molar-refractivity contribution in [1.29, 1.82) is 0 Å². The molecule has 0 saturated heterocycles. The normalized spacial score (nSPS) is 11.0. The third-order valence-corrected chi connectivity index (χ3v) is 11.6. The van der Waals surface area contributed by atoms with Crippen LogP contribution in [0.3, 0.4) is 0 Å². The molecule has 9 heteroatoms. The maximum atomic E-state index is 13.4. The molecule has 1 heterocycles. The van der Waals surface area contributed by atoms with Gasteiger partial charge in [-0.05, 0) is 81.3 Å². The van der Waals surface area contributed by atoms with Crippen molar-refractivity contribution in [2.24, 2.45) is 0 Å². The van der Waals surface area contributed by atoms with E-state index >= 15 is 0 Å². The summed E-state index contributed by atoms with van der Waals surface area (Å²) in [4.78, 5) is 56.6. The van der Waals surface area contributed by atoms with E-state index in [2.05, 4.69) is 98.2 Å². The molecule has 0 saturated carbocycles. The number of rotatable bonds is 13. The van der Waals surface area contributed by atoms with E-state index in [1.807, 2.05) is 91.0 Å². The van der Waals surface area contributed by atoms with Crippen LogP contribution in [0.1, 0.15) is 146 Å². The van der Waals surface area contributed by atoms with Gasteiger partial charge in [-0.15, -0.1) is 12.8 Å². The van der Waals surface area contributed by atoms with Gasteiger partial charge >= 0.3 is 0 Å². The molecule has 362 valence electrons. The topological polar surface area (TPSA) is 139 Å². The van der Waals surface area contributed by atoms with E-state index in [-0.39, 0.29) is 41.4 Å². The second kappa shape index (κ2) is 23.9. The molecule has 0 aliphatic carbocycles. The van der Waals surface area contributed by atoms with Gasteiger partial charge < -0.3 is 15.2 Å². The Bertz CT molecular complexity index is 3070. The van der Waals surface area contributed by atoms with Crippen LogP contribution in [0.25, 0.3) is 22.2 Å². The number of nitrogen functional groups attached to an aromatic ring is 1. The lowest BCUT2D eigenvalue weighted by atomic mass is 9.86. The van der Waals surface area contributed by atoms with Crippen LogP contribution in [-0.2, 0) is 15.6 Å². The summed E-state index contributed by atoms with van der Waals surface area (Å²) in [6.07, 6.45) is 10.9. The van der Waals surface area contributed by atoms with Crippen molar-refractivity contribution in [3.8, 4) is 47.4 Å². The summed E-state index contributed by atoms with van der Waals surface area (Å²) in [5.41, 5.74) is 15.5. The number of aromatic nitrogens is 2. The van der Waals surface area contributed by atoms with Gasteiger partial charge in [0.15, 0.2) is 12.1 Å². The second-order valence-electron chi connectivity index (χ2n) is 19.7. The lowest BCUT2D eigenvalue weighted by Gasteiger charge is -2.19. The first-order chi connectivity index (χ1) is 33.6. The monoisotopic (exact) mass is 945 g/mol. The number of ketones is 3. The first-order valence-electron chi connectivity index (χ1n) is 23.5. The van der Waals surface area contributed by atoms with Gasteiger partial charge in [-0.1, -0.05) is 178 Å². The van der Waals surface area contributed by atoms with Gasteiger partial charge in [0.1, 0.15) is 24.7 Å². The number of terminal acetylenes is 2. The Hall–Kier alpha value is -8.14. The SMILES string of the molecule is C#CCOc1ccc(N)c(C(=O)c2ccc(C(C)C)cc2)c1.C#CCOc1ccc2nc(C(=O)c3ccc(C(C)(C)C)cc3)nc(-c3ccc(C(C)C)cc3)c2c1.CC(C)(C)c1ccc(C(=O)C=O)cc1. The summed E-state index contributed by atoms with van der Waals surface area (Å²) in [5.74, 6) is 6.26. The lowest BCUT2D eigenvalue weighted by molar-refractivity contribution is -0.104. The van der Waals surface area contributed by atoms with Crippen LogP contribution in [0, 0.1) is 24.7 Å². The van der Waals surface area contributed by atoms with Crippen LogP contribution in [-0.4, -0.2) is 46.8 Å². The quantitative estimate of drug-likeness (QED) is 0.0393. The number of fused-ring (bicyclic) bond motifs is 1. The molecule has 7 rings (SSSR count). The Labute approximate surface area is 419 Å². The Kier molecular flexibility index (Phi) is 18.1. The Morgan fingerprint density at radius 1 is 0.592 bits per heavy atom. The number of Topliss-reactive ketones (excluding diaryl/α,β-unsaturated/α-hetero) is 1. The van der Waals surface area contributed by atoms with E-state index in [1.165, 1.54) is 16.7 Å². The van der Waals surface area contributed by atoms with Crippen LogP contribution in [0.4, 0.5) is 5.69 Å². The average molecular weight is 946 g/mol. The number of aldehydes is 1. The zero-order valence-electron chi connectivity index (χ0n) is 42.4. The molecule has 2 N–H and O–H groups in total. The molecule has 0 bridgehead atoms. The van der Waals surface area contributed by atoms with E-state index < -0.39 is 5.78 Å². The van der Waals surface area contributed by atoms with Gasteiger partial charge in [0, 0.05) is 38.9 Å². The molecule has 7 aromatic rings. The number of nitrogens with two attached hydrogens (primary N) is 1. The zero-order valence-corrected chi connectivity index (χ0v) is 42.4. The van der Waals surface area contributed by atoms with Gasteiger partial charge in [0.05, 0.1) is 11.2 Å². The second-order valence-corrected chi connectivity index (χ2v) is 19.7. The van der Waals surface area contributed by atoms with Crippen molar-refractivity contribution < 1.29 is 28.7 Å². The van der Waals surface area contributed by atoms with Crippen molar-refractivity contribution in [2.75, 3.05) is 18.9 Å². The number of anilines is 1. The number of hydrogen-bond donors (Lipinski definition) is 1. The minimum atomic E-state index is -0.467. The van der Waals surface area contributed by atoms with Crippen LogP contribution < -0.4 is 15.2 Å². The molecule has 0 aliphatic rings. The third-order valence-electron chi connectivity index (χ3n) is 11.6. The smallest absolute Gasteiger partial charge is 0.230 e. The molecule has 9 nitrogen and oxygen atoms in total. The summed E-state index contributed by atoms with van der Waals surface area (Å²) in [6.45, 7) is 21.6. The predicted molar refractivity (Wildman–Crippen MR) is 287 cm³/mol. The van der Waals surface area contributed by atoms with Crippen molar-refractivity contribution >= 4 is 40.2 Å². The highest BCUT2D eigenvalue weighted by molar-refractivity contribution is 6.33. The summed E-state index contributed by atoms with van der Waals surface area (Å²) >= 11 is 0. The van der Waals surface area contributed by atoms with Crippen molar-refractivity contribution in [1.82, 2.24) is 9.97 Å². The molecule has 0 spiro atoms. The van der Waals surface area contributed by atoms with Crippen LogP contribution in [0.15, 0.2) is 133 Å².